The summed E-state index contributed by atoms with van der Waals surface area (Å²) in [6.07, 6.45) is 0. The summed E-state index contributed by atoms with van der Waals surface area (Å²) in [6.45, 7) is -0.122. The minimum atomic E-state index is -4.01. The second kappa shape index (κ2) is 9.77. The number of rotatable bonds is 6. The summed E-state index contributed by atoms with van der Waals surface area (Å²) < 4.78 is 57.0. The maximum atomic E-state index is 10.1. The third-order valence-corrected chi connectivity index (χ3v) is 2.51. The summed E-state index contributed by atoms with van der Waals surface area (Å²) in [7, 11) is -8.03. The first kappa shape index (κ1) is 22.0. The number of hydrogen-bond acceptors (Lipinski definition) is 5. The van der Waals surface area contributed by atoms with Gasteiger partial charge in [-0.1, -0.05) is 0 Å². The molecule has 0 fully saturated rings. The third kappa shape index (κ3) is 21.6. The van der Waals surface area contributed by atoms with Crippen LogP contribution in [0.2, 0.25) is 0 Å². The van der Waals surface area contributed by atoms with Crippen molar-refractivity contribution in [3.05, 3.63) is 0 Å². The van der Waals surface area contributed by atoms with Gasteiger partial charge in [-0.2, -0.15) is 16.8 Å². The van der Waals surface area contributed by atoms with Gasteiger partial charge in [-0.3, -0.25) is 9.11 Å². The number of hydrogen-bond donors (Lipinski definition) is 3. The number of nitrogens with one attached hydrogen (secondary N) is 1. The molecule has 0 saturated heterocycles. The van der Waals surface area contributed by atoms with E-state index in [4.69, 9.17) is 9.11 Å². The van der Waals surface area contributed by atoms with Crippen LogP contribution in [-0.2, 0) is 20.2 Å². The second-order valence-electron chi connectivity index (χ2n) is 2.32. The van der Waals surface area contributed by atoms with Crippen LogP contribution in [0.1, 0.15) is 0 Å². The molecule has 11 heteroatoms. The summed E-state index contributed by atoms with van der Waals surface area (Å²) in [5.41, 5.74) is 0. The Labute approximate surface area is 133 Å². The molecule has 3 N–H and O–H groups in total. The van der Waals surface area contributed by atoms with E-state index in [0.29, 0.717) is 0 Å². The largest absolute Gasteiger partial charge is 0.315 e. The van der Waals surface area contributed by atoms with E-state index >= 15 is 0 Å². The first-order chi connectivity index (χ1) is 5.71. The Bertz CT molecular complexity index is 304. The van der Waals surface area contributed by atoms with Gasteiger partial charge in [-0.25, -0.2) is 0 Å². The molecule has 0 heterocycles. The summed E-state index contributed by atoms with van der Waals surface area (Å²) >= 11 is 0. The molecule has 0 rings (SSSR count). The van der Waals surface area contributed by atoms with Crippen LogP contribution in [0.4, 0.5) is 0 Å². The van der Waals surface area contributed by atoms with Gasteiger partial charge in [0.25, 0.3) is 20.2 Å². The molecule has 0 aromatic heterocycles. The van der Waals surface area contributed by atoms with E-state index in [2.05, 4.69) is 5.32 Å². The monoisotopic (exact) mass is 279 g/mol. The molecule has 2 radical (unpaired) electrons. The van der Waals surface area contributed by atoms with Crippen LogP contribution in [0.25, 0.3) is 0 Å². The molecule has 0 aliphatic rings. The Morgan fingerprint density at radius 1 is 0.800 bits per heavy atom. The minimum Gasteiger partial charge on any atom is -0.315 e. The second-order valence-corrected chi connectivity index (χ2v) is 5.47. The van der Waals surface area contributed by atoms with Gasteiger partial charge in [0.1, 0.15) is 0 Å². The molecule has 0 amide bonds. The van der Waals surface area contributed by atoms with Crippen LogP contribution in [0.3, 0.4) is 0 Å². The zero-order chi connectivity index (χ0) is 10.5. The zero-order valence-corrected chi connectivity index (χ0v) is 14.3. The Morgan fingerprint density at radius 3 is 1.27 bits per heavy atom. The van der Waals surface area contributed by atoms with Gasteiger partial charge in [-0.15, -0.1) is 0 Å². The van der Waals surface area contributed by atoms with Crippen LogP contribution >= 0.6 is 0 Å². The molecule has 0 atom stereocenters. The molecule has 82 valence electrons. The van der Waals surface area contributed by atoms with Gasteiger partial charge in [-0.05, 0) is 0 Å². The van der Waals surface area contributed by atoms with Gasteiger partial charge in [0.05, 0.1) is 11.5 Å². The average molecular weight is 279 g/mol. The maximum Gasteiger partial charge on any atom is 0.266 e. The molecule has 0 aliphatic heterocycles. The standard InChI is InChI=1S/C4H11NO6S2.2Na/c6-12(7,8)3-1-5-2-4-13(9,10)11;;/h5H,1-4H2,(H,6,7,8)(H,9,10,11);;. The van der Waals surface area contributed by atoms with Crippen molar-refractivity contribution in [2.24, 2.45) is 0 Å². The minimum absolute atomic E-state index is 0. The topological polar surface area (TPSA) is 121 Å². The molecule has 0 saturated carbocycles. The molecular formula is C4H11NNa2O6S2. The Hall–Kier alpha value is 1.78. The van der Waals surface area contributed by atoms with E-state index in [1.54, 1.807) is 0 Å². The molecular weight excluding hydrogens is 268 g/mol. The average Bonchev–Trinajstić information content (AvgIpc) is 1.81. The maximum absolute atomic E-state index is 10.1. The van der Waals surface area contributed by atoms with Crippen molar-refractivity contribution in [1.82, 2.24) is 5.32 Å². The smallest absolute Gasteiger partial charge is 0.266 e. The zero-order valence-electron chi connectivity index (χ0n) is 8.67. The molecule has 0 aromatic carbocycles. The first-order valence-electron chi connectivity index (χ1n) is 3.32. The van der Waals surface area contributed by atoms with Crippen molar-refractivity contribution >= 4 is 79.4 Å². The van der Waals surface area contributed by atoms with E-state index in [0.717, 1.165) is 0 Å². The SMILES string of the molecule is O=S(=O)(O)CCNCCS(=O)(=O)O.[Na].[Na]. The molecule has 0 aliphatic carbocycles. The van der Waals surface area contributed by atoms with E-state index < -0.39 is 31.7 Å². The molecule has 0 spiro atoms. The first-order valence-corrected chi connectivity index (χ1v) is 6.53. The van der Waals surface area contributed by atoms with Crippen LogP contribution < -0.4 is 5.32 Å². The van der Waals surface area contributed by atoms with Crippen molar-refractivity contribution in [2.45, 2.75) is 0 Å². The Kier molecular flexibility index (Phi) is 14.3. The van der Waals surface area contributed by atoms with E-state index in [1.165, 1.54) is 0 Å². The van der Waals surface area contributed by atoms with Crippen LogP contribution in [-0.4, -0.2) is 110 Å². The van der Waals surface area contributed by atoms with Crippen molar-refractivity contribution in [3.63, 3.8) is 0 Å². The summed E-state index contributed by atoms with van der Waals surface area (Å²) in [4.78, 5) is 0. The fourth-order valence-corrected chi connectivity index (χ4v) is 1.33. The fraction of sp³-hybridized carbons (Fsp3) is 1.00. The molecule has 0 unspecified atom stereocenters. The van der Waals surface area contributed by atoms with E-state index in [9.17, 15) is 16.8 Å². The van der Waals surface area contributed by atoms with Gasteiger partial charge < -0.3 is 5.32 Å². The van der Waals surface area contributed by atoms with Crippen molar-refractivity contribution in [1.29, 1.82) is 0 Å². The summed E-state index contributed by atoms with van der Waals surface area (Å²) in [5, 5.41) is 2.42. The van der Waals surface area contributed by atoms with Crippen LogP contribution in [0, 0.1) is 0 Å². The molecule has 0 aromatic rings. The molecule has 7 nitrogen and oxygen atoms in total. The fourth-order valence-electron chi connectivity index (χ4n) is 0.527. The van der Waals surface area contributed by atoms with Gasteiger partial charge in [0, 0.05) is 72.2 Å². The van der Waals surface area contributed by atoms with E-state index in [-0.39, 0.29) is 72.2 Å². The predicted octanol–water partition coefficient (Wildman–Crippen LogP) is -2.41. The summed E-state index contributed by atoms with van der Waals surface area (Å²) in [5.74, 6) is -0.975. The molecule has 0 bridgehead atoms. The summed E-state index contributed by atoms with van der Waals surface area (Å²) in [6, 6.07) is 0. The normalized spacial score (nSPS) is 11.3. The quantitative estimate of drug-likeness (QED) is 0.281. The van der Waals surface area contributed by atoms with Gasteiger partial charge in [0.2, 0.25) is 0 Å². The molecule has 15 heavy (non-hydrogen) atoms. The van der Waals surface area contributed by atoms with E-state index in [1.807, 2.05) is 0 Å². The van der Waals surface area contributed by atoms with Gasteiger partial charge >= 0.3 is 0 Å². The third-order valence-electron chi connectivity index (χ3n) is 1.07. The predicted molar refractivity (Wildman–Crippen MR) is 57.2 cm³/mol. The Morgan fingerprint density at radius 2 is 1.07 bits per heavy atom. The van der Waals surface area contributed by atoms with Crippen molar-refractivity contribution in [3.8, 4) is 0 Å². The Balaban J connectivity index is -0.000000720. The van der Waals surface area contributed by atoms with Crippen molar-refractivity contribution in [2.75, 3.05) is 24.6 Å². The van der Waals surface area contributed by atoms with Crippen LogP contribution in [0.5, 0.6) is 0 Å². The van der Waals surface area contributed by atoms with Crippen LogP contribution in [0.15, 0.2) is 0 Å². The van der Waals surface area contributed by atoms with Gasteiger partial charge in [0.15, 0.2) is 0 Å². The van der Waals surface area contributed by atoms with Crippen molar-refractivity contribution < 1.29 is 25.9 Å².